The summed E-state index contributed by atoms with van der Waals surface area (Å²) in [6.45, 7) is 0. The van der Waals surface area contributed by atoms with Gasteiger partial charge in [-0.05, 0) is 0 Å². The van der Waals surface area contributed by atoms with Crippen molar-refractivity contribution in [2.75, 3.05) is 11.5 Å². The van der Waals surface area contributed by atoms with Crippen molar-refractivity contribution in [1.29, 1.82) is 0 Å². The average molecular weight is 290 g/mol. The van der Waals surface area contributed by atoms with Crippen molar-refractivity contribution >= 4 is 45.5 Å². The molecule has 18 heavy (non-hydrogen) atoms. The van der Waals surface area contributed by atoms with Crippen LogP contribution in [0, 0.1) is 0 Å². The molecular formula is C8H10N4O4S2. The zero-order valence-corrected chi connectivity index (χ0v) is 10.7. The van der Waals surface area contributed by atoms with Crippen LogP contribution >= 0.6 is 21.6 Å². The summed E-state index contributed by atoms with van der Waals surface area (Å²) < 4.78 is 0. The third-order valence-electron chi connectivity index (χ3n) is 2.27. The number of imide groups is 2. The fourth-order valence-corrected chi connectivity index (χ4v) is 3.71. The molecule has 2 aliphatic heterocycles. The highest BCUT2D eigenvalue weighted by molar-refractivity contribution is 8.76. The van der Waals surface area contributed by atoms with E-state index in [1.165, 1.54) is 21.6 Å². The third kappa shape index (κ3) is 3.07. The zero-order valence-electron chi connectivity index (χ0n) is 9.02. The van der Waals surface area contributed by atoms with E-state index in [9.17, 15) is 19.2 Å². The largest absolute Gasteiger partial charge is 0.325 e. The Morgan fingerprint density at radius 3 is 1.44 bits per heavy atom. The van der Waals surface area contributed by atoms with Gasteiger partial charge in [-0.15, -0.1) is 0 Å². The number of nitrogens with one attached hydrogen (secondary N) is 4. The summed E-state index contributed by atoms with van der Waals surface area (Å²) in [7, 11) is 2.71. The number of rotatable bonds is 5. The number of carbonyl (C=O) groups excluding carboxylic acids is 4. The molecule has 0 saturated carbocycles. The predicted molar refractivity (Wildman–Crippen MR) is 65.8 cm³/mol. The van der Waals surface area contributed by atoms with Crippen LogP contribution in [0.3, 0.4) is 0 Å². The van der Waals surface area contributed by atoms with Gasteiger partial charge in [0.15, 0.2) is 0 Å². The number of amides is 6. The average Bonchev–Trinajstić information content (AvgIpc) is 2.77. The molecule has 2 atom stereocenters. The molecule has 0 unspecified atom stereocenters. The first-order valence-corrected chi connectivity index (χ1v) is 7.52. The second kappa shape index (κ2) is 5.48. The lowest BCUT2D eigenvalue weighted by atomic mass is 10.3. The van der Waals surface area contributed by atoms with Crippen LogP contribution in [0.4, 0.5) is 9.59 Å². The quantitative estimate of drug-likeness (QED) is 0.287. The first-order chi connectivity index (χ1) is 8.56. The Morgan fingerprint density at radius 1 is 0.778 bits per heavy atom. The summed E-state index contributed by atoms with van der Waals surface area (Å²) in [6, 6.07) is -2.06. The number of carbonyl (C=O) groups is 4. The Hall–Kier alpha value is -1.42. The van der Waals surface area contributed by atoms with Crippen molar-refractivity contribution in [2.24, 2.45) is 0 Å². The highest BCUT2D eigenvalue weighted by Gasteiger charge is 2.31. The molecule has 0 bridgehead atoms. The lowest BCUT2D eigenvalue weighted by molar-refractivity contribution is -0.120. The monoisotopic (exact) mass is 290 g/mol. The number of hydrogen-bond donors (Lipinski definition) is 4. The molecule has 2 heterocycles. The Morgan fingerprint density at radius 2 is 1.17 bits per heavy atom. The Kier molecular flexibility index (Phi) is 3.97. The van der Waals surface area contributed by atoms with E-state index < -0.39 is 24.1 Å². The highest BCUT2D eigenvalue weighted by Crippen LogP contribution is 2.24. The fourth-order valence-electron chi connectivity index (χ4n) is 1.38. The van der Waals surface area contributed by atoms with Crippen LogP contribution in [0.25, 0.3) is 0 Å². The molecule has 0 aromatic rings. The fraction of sp³-hybridized carbons (Fsp3) is 0.500. The van der Waals surface area contributed by atoms with Gasteiger partial charge in [-0.25, -0.2) is 9.59 Å². The van der Waals surface area contributed by atoms with Gasteiger partial charge in [-0.1, -0.05) is 21.6 Å². The predicted octanol–water partition coefficient (Wildman–Crippen LogP) is -1.22. The molecule has 6 amide bonds. The lowest BCUT2D eigenvalue weighted by Crippen LogP contribution is -2.32. The van der Waals surface area contributed by atoms with Gasteiger partial charge in [0, 0.05) is 11.5 Å². The molecule has 4 N–H and O–H groups in total. The summed E-state index contributed by atoms with van der Waals surface area (Å²) in [5.41, 5.74) is 0. The smallest absolute Gasteiger partial charge is 0.322 e. The van der Waals surface area contributed by atoms with Crippen molar-refractivity contribution < 1.29 is 19.2 Å². The molecule has 0 aliphatic carbocycles. The topological polar surface area (TPSA) is 116 Å². The maximum absolute atomic E-state index is 11.2. The van der Waals surface area contributed by atoms with E-state index >= 15 is 0 Å². The van der Waals surface area contributed by atoms with Gasteiger partial charge < -0.3 is 10.6 Å². The van der Waals surface area contributed by atoms with E-state index in [0.717, 1.165) is 0 Å². The molecule has 0 spiro atoms. The van der Waals surface area contributed by atoms with Gasteiger partial charge in [-0.2, -0.15) is 0 Å². The molecule has 98 valence electrons. The van der Waals surface area contributed by atoms with Crippen LogP contribution < -0.4 is 21.3 Å². The van der Waals surface area contributed by atoms with Gasteiger partial charge in [0.2, 0.25) is 0 Å². The minimum Gasteiger partial charge on any atom is -0.325 e. The molecule has 2 aliphatic rings. The van der Waals surface area contributed by atoms with Crippen LogP contribution in [-0.4, -0.2) is 47.5 Å². The maximum Gasteiger partial charge on any atom is 0.322 e. The Bertz CT molecular complexity index is 378. The van der Waals surface area contributed by atoms with Gasteiger partial charge in [0.1, 0.15) is 12.1 Å². The van der Waals surface area contributed by atoms with Crippen molar-refractivity contribution in [1.82, 2.24) is 21.3 Å². The molecule has 0 aromatic carbocycles. The van der Waals surface area contributed by atoms with Crippen LogP contribution in [-0.2, 0) is 9.59 Å². The van der Waals surface area contributed by atoms with Gasteiger partial charge >= 0.3 is 12.1 Å². The molecule has 10 heteroatoms. The Balaban J connectivity index is 1.64. The van der Waals surface area contributed by atoms with Crippen molar-refractivity contribution in [3.05, 3.63) is 0 Å². The summed E-state index contributed by atoms with van der Waals surface area (Å²) in [6.07, 6.45) is 0. The molecule has 2 saturated heterocycles. The van der Waals surface area contributed by atoms with Crippen LogP contribution in [0.1, 0.15) is 0 Å². The summed E-state index contributed by atoms with van der Waals surface area (Å²) in [5, 5.41) is 9.19. The highest BCUT2D eigenvalue weighted by atomic mass is 33.1. The molecule has 8 nitrogen and oxygen atoms in total. The summed E-state index contributed by atoms with van der Waals surface area (Å²) in [4.78, 5) is 44.0. The number of urea groups is 2. The maximum atomic E-state index is 11.2. The van der Waals surface area contributed by atoms with E-state index in [1.54, 1.807) is 0 Å². The van der Waals surface area contributed by atoms with Crippen molar-refractivity contribution in [3.63, 3.8) is 0 Å². The lowest BCUT2D eigenvalue weighted by Gasteiger charge is -2.08. The van der Waals surface area contributed by atoms with Gasteiger partial charge in [0.25, 0.3) is 11.8 Å². The molecule has 2 rings (SSSR count). The second-order valence-corrected chi connectivity index (χ2v) is 6.15. The van der Waals surface area contributed by atoms with Crippen LogP contribution in [0.2, 0.25) is 0 Å². The van der Waals surface area contributed by atoms with Crippen LogP contribution in [0.5, 0.6) is 0 Å². The van der Waals surface area contributed by atoms with E-state index in [0.29, 0.717) is 11.5 Å². The molecule has 0 aromatic heterocycles. The zero-order chi connectivity index (χ0) is 13.1. The van der Waals surface area contributed by atoms with E-state index in [1.807, 2.05) is 0 Å². The molecular weight excluding hydrogens is 280 g/mol. The first-order valence-electron chi connectivity index (χ1n) is 5.03. The SMILES string of the molecule is O=C1NC(=O)[C@@H](CSSC[C@H]2NC(=O)NC2=O)N1. The first kappa shape index (κ1) is 13.0. The normalized spacial score (nSPS) is 26.7. The third-order valence-corrected chi connectivity index (χ3v) is 4.69. The van der Waals surface area contributed by atoms with E-state index in [-0.39, 0.29) is 11.8 Å². The summed E-state index contributed by atoms with van der Waals surface area (Å²) in [5.74, 6) is 0.120. The van der Waals surface area contributed by atoms with Crippen molar-refractivity contribution in [3.8, 4) is 0 Å². The van der Waals surface area contributed by atoms with Gasteiger partial charge in [-0.3, -0.25) is 20.2 Å². The summed E-state index contributed by atoms with van der Waals surface area (Å²) >= 11 is 0. The molecule has 0 radical (unpaired) electrons. The second-order valence-electron chi connectivity index (χ2n) is 3.60. The van der Waals surface area contributed by atoms with E-state index in [2.05, 4.69) is 21.3 Å². The standard InChI is InChI=1S/C8H10N4O4S2/c13-5-3(9-7(15)11-5)1-17-18-2-4-6(14)12-8(16)10-4/h3-4H,1-2H2,(H2,9,11,13,15)(H2,10,12,14,16)/t3-,4-/m1/s1. The molecule has 2 fully saturated rings. The minimum atomic E-state index is -0.540. The minimum absolute atomic E-state index is 0.347. The number of hydrogen-bond acceptors (Lipinski definition) is 6. The van der Waals surface area contributed by atoms with Crippen molar-refractivity contribution in [2.45, 2.75) is 12.1 Å². The van der Waals surface area contributed by atoms with Gasteiger partial charge in [0.05, 0.1) is 0 Å². The Labute approximate surface area is 110 Å². The van der Waals surface area contributed by atoms with Crippen LogP contribution in [0.15, 0.2) is 0 Å². The van der Waals surface area contributed by atoms with E-state index in [4.69, 9.17) is 0 Å².